The molecule has 0 spiro atoms. The molecule has 3 atom stereocenters. The number of benzene rings is 1. The van der Waals surface area contributed by atoms with Crippen LogP contribution in [0.4, 0.5) is 0 Å². The lowest BCUT2D eigenvalue weighted by Crippen LogP contribution is -2.59. The van der Waals surface area contributed by atoms with Gasteiger partial charge in [-0.15, -0.1) is 0 Å². The van der Waals surface area contributed by atoms with E-state index in [1.807, 2.05) is 12.1 Å². The zero-order chi connectivity index (χ0) is 21.0. The maximum absolute atomic E-state index is 13.4. The largest absolute Gasteiger partial charge is 0.497 e. The van der Waals surface area contributed by atoms with Gasteiger partial charge in [0, 0.05) is 45.8 Å². The van der Waals surface area contributed by atoms with Crippen molar-refractivity contribution in [2.24, 2.45) is 5.92 Å². The molecule has 0 saturated carbocycles. The topological polar surface area (TPSA) is 45.2 Å². The van der Waals surface area contributed by atoms with E-state index in [2.05, 4.69) is 54.5 Å². The fraction of sp³-hybridized carbons (Fsp3) is 0.696. The van der Waals surface area contributed by atoms with Crippen LogP contribution in [0.3, 0.4) is 0 Å². The SMILES string of the molecule is COc1ccc(CN2CCN(C(=O)C(C(C)C)N3CC(C)OC(C)C3)CC2)cc1. The summed E-state index contributed by atoms with van der Waals surface area (Å²) in [4.78, 5) is 20.2. The minimum Gasteiger partial charge on any atom is -0.497 e. The Morgan fingerprint density at radius 3 is 2.17 bits per heavy atom. The molecule has 1 amide bonds. The lowest BCUT2D eigenvalue weighted by Gasteiger charge is -2.44. The maximum Gasteiger partial charge on any atom is 0.240 e. The molecule has 1 aromatic rings. The predicted octanol–water partition coefficient (Wildman–Crippen LogP) is 2.47. The highest BCUT2D eigenvalue weighted by molar-refractivity contribution is 5.82. The average molecular weight is 404 g/mol. The molecule has 2 heterocycles. The number of hydrogen-bond donors (Lipinski definition) is 0. The highest BCUT2D eigenvalue weighted by Gasteiger charge is 2.37. The smallest absolute Gasteiger partial charge is 0.240 e. The molecule has 29 heavy (non-hydrogen) atoms. The molecule has 162 valence electrons. The summed E-state index contributed by atoms with van der Waals surface area (Å²) in [6.45, 7) is 14.5. The summed E-state index contributed by atoms with van der Waals surface area (Å²) in [5.74, 6) is 1.46. The number of methoxy groups -OCH3 is 1. The normalized spacial score (nSPS) is 25.2. The molecular weight excluding hydrogens is 366 g/mol. The summed E-state index contributed by atoms with van der Waals surface area (Å²) < 4.78 is 11.1. The molecule has 0 aliphatic carbocycles. The molecule has 6 nitrogen and oxygen atoms in total. The quantitative estimate of drug-likeness (QED) is 0.730. The van der Waals surface area contributed by atoms with Crippen LogP contribution in [-0.4, -0.2) is 85.2 Å². The van der Waals surface area contributed by atoms with E-state index >= 15 is 0 Å². The van der Waals surface area contributed by atoms with Crippen molar-refractivity contribution in [2.45, 2.75) is 52.5 Å². The van der Waals surface area contributed by atoms with E-state index in [9.17, 15) is 4.79 Å². The second-order valence-electron chi connectivity index (χ2n) is 8.85. The highest BCUT2D eigenvalue weighted by atomic mass is 16.5. The van der Waals surface area contributed by atoms with Gasteiger partial charge in [0.25, 0.3) is 0 Å². The van der Waals surface area contributed by atoms with Gasteiger partial charge in [-0.2, -0.15) is 0 Å². The van der Waals surface area contributed by atoms with Gasteiger partial charge in [0.2, 0.25) is 5.91 Å². The van der Waals surface area contributed by atoms with Crippen molar-refractivity contribution >= 4 is 5.91 Å². The lowest BCUT2D eigenvalue weighted by molar-refractivity contribution is -0.147. The van der Waals surface area contributed by atoms with Gasteiger partial charge in [-0.25, -0.2) is 0 Å². The molecule has 6 heteroatoms. The Balaban J connectivity index is 1.56. The van der Waals surface area contributed by atoms with Gasteiger partial charge in [-0.05, 0) is 37.5 Å². The predicted molar refractivity (Wildman–Crippen MR) is 115 cm³/mol. The first kappa shape index (κ1) is 22.1. The van der Waals surface area contributed by atoms with Gasteiger partial charge >= 0.3 is 0 Å². The van der Waals surface area contributed by atoms with Crippen LogP contribution in [0.25, 0.3) is 0 Å². The summed E-state index contributed by atoms with van der Waals surface area (Å²) in [6, 6.07) is 8.19. The van der Waals surface area contributed by atoms with Crippen molar-refractivity contribution in [1.29, 1.82) is 0 Å². The monoisotopic (exact) mass is 403 g/mol. The average Bonchev–Trinajstić information content (AvgIpc) is 2.68. The first-order valence-corrected chi connectivity index (χ1v) is 10.9. The first-order valence-electron chi connectivity index (χ1n) is 10.9. The first-order chi connectivity index (χ1) is 13.9. The summed E-state index contributed by atoms with van der Waals surface area (Å²) in [5.41, 5.74) is 1.28. The third-order valence-electron chi connectivity index (χ3n) is 5.97. The van der Waals surface area contributed by atoms with E-state index in [4.69, 9.17) is 9.47 Å². The molecule has 2 aliphatic heterocycles. The van der Waals surface area contributed by atoms with Crippen molar-refractivity contribution < 1.29 is 14.3 Å². The summed E-state index contributed by atoms with van der Waals surface area (Å²) in [7, 11) is 1.69. The molecule has 3 rings (SSSR count). The Morgan fingerprint density at radius 1 is 1.07 bits per heavy atom. The van der Waals surface area contributed by atoms with Crippen molar-refractivity contribution in [2.75, 3.05) is 46.4 Å². The van der Waals surface area contributed by atoms with Gasteiger partial charge in [0.15, 0.2) is 0 Å². The number of ether oxygens (including phenoxy) is 2. The maximum atomic E-state index is 13.4. The van der Waals surface area contributed by atoms with E-state index < -0.39 is 0 Å². The van der Waals surface area contributed by atoms with Crippen LogP contribution in [0, 0.1) is 5.92 Å². The van der Waals surface area contributed by atoms with Crippen molar-refractivity contribution in [3.63, 3.8) is 0 Å². The van der Waals surface area contributed by atoms with Crippen LogP contribution in [-0.2, 0) is 16.1 Å². The molecular formula is C23H37N3O3. The zero-order valence-electron chi connectivity index (χ0n) is 18.6. The standard InChI is InChI=1S/C23H37N3O3/c1-17(2)22(26-14-18(3)29-19(4)15-26)23(27)25-12-10-24(11-13-25)16-20-6-8-21(28-5)9-7-20/h6-9,17-19,22H,10-16H2,1-5H3. The van der Waals surface area contributed by atoms with Crippen LogP contribution in [0.1, 0.15) is 33.3 Å². The van der Waals surface area contributed by atoms with Crippen molar-refractivity contribution in [3.8, 4) is 5.75 Å². The minimum atomic E-state index is -0.0584. The number of nitrogens with zero attached hydrogens (tertiary/aromatic N) is 3. The van der Waals surface area contributed by atoms with Crippen molar-refractivity contribution in [3.05, 3.63) is 29.8 Å². The van der Waals surface area contributed by atoms with Crippen LogP contribution >= 0.6 is 0 Å². The summed E-state index contributed by atoms with van der Waals surface area (Å²) in [5, 5.41) is 0. The van der Waals surface area contributed by atoms with Crippen LogP contribution in [0.2, 0.25) is 0 Å². The minimum absolute atomic E-state index is 0.0584. The second kappa shape index (κ2) is 9.92. The number of rotatable bonds is 6. The summed E-state index contributed by atoms with van der Waals surface area (Å²) >= 11 is 0. The number of hydrogen-bond acceptors (Lipinski definition) is 5. The molecule has 0 radical (unpaired) electrons. The van der Waals surface area contributed by atoms with Gasteiger partial charge < -0.3 is 14.4 Å². The Labute approximate surface area is 175 Å². The Bertz CT molecular complexity index is 646. The van der Waals surface area contributed by atoms with Crippen LogP contribution < -0.4 is 4.74 Å². The number of carbonyl (C=O) groups is 1. The molecule has 3 unspecified atom stereocenters. The lowest BCUT2D eigenvalue weighted by atomic mass is 9.98. The number of amides is 1. The third-order valence-corrected chi connectivity index (χ3v) is 5.97. The zero-order valence-corrected chi connectivity index (χ0v) is 18.6. The van der Waals surface area contributed by atoms with Gasteiger partial charge in [-0.3, -0.25) is 14.6 Å². The molecule has 0 aromatic heterocycles. The van der Waals surface area contributed by atoms with Gasteiger partial charge in [-0.1, -0.05) is 26.0 Å². The number of morpholine rings is 1. The van der Waals surface area contributed by atoms with Crippen LogP contribution in [0.5, 0.6) is 5.75 Å². The number of piperazine rings is 1. The molecule has 0 N–H and O–H groups in total. The fourth-order valence-corrected chi connectivity index (χ4v) is 4.61. The van der Waals surface area contributed by atoms with E-state index in [0.717, 1.165) is 51.6 Å². The highest BCUT2D eigenvalue weighted by Crippen LogP contribution is 2.21. The fourth-order valence-electron chi connectivity index (χ4n) is 4.61. The van der Waals surface area contributed by atoms with Crippen LogP contribution in [0.15, 0.2) is 24.3 Å². The van der Waals surface area contributed by atoms with E-state index in [0.29, 0.717) is 0 Å². The summed E-state index contributed by atoms with van der Waals surface area (Å²) in [6.07, 6.45) is 0.350. The van der Waals surface area contributed by atoms with Gasteiger partial charge in [0.05, 0.1) is 25.4 Å². The third kappa shape index (κ3) is 5.71. The molecule has 2 aliphatic rings. The molecule has 2 fully saturated rings. The van der Waals surface area contributed by atoms with Gasteiger partial charge in [0.1, 0.15) is 5.75 Å². The Kier molecular flexibility index (Phi) is 7.55. The molecule has 2 saturated heterocycles. The Morgan fingerprint density at radius 2 is 1.66 bits per heavy atom. The second-order valence-corrected chi connectivity index (χ2v) is 8.85. The molecule has 0 bridgehead atoms. The van der Waals surface area contributed by atoms with Crippen molar-refractivity contribution in [1.82, 2.24) is 14.7 Å². The van der Waals surface area contributed by atoms with E-state index in [1.165, 1.54) is 5.56 Å². The van der Waals surface area contributed by atoms with E-state index in [1.54, 1.807) is 7.11 Å². The Hall–Kier alpha value is -1.63. The number of carbonyl (C=O) groups excluding carboxylic acids is 1. The molecule has 1 aromatic carbocycles. The van der Waals surface area contributed by atoms with E-state index in [-0.39, 0.29) is 30.1 Å².